The van der Waals surface area contributed by atoms with Gasteiger partial charge < -0.3 is 5.32 Å². The van der Waals surface area contributed by atoms with Crippen LogP contribution in [0, 0.1) is 6.92 Å². The summed E-state index contributed by atoms with van der Waals surface area (Å²) in [7, 11) is 0. The lowest BCUT2D eigenvalue weighted by Gasteiger charge is -2.22. The second-order valence-corrected chi connectivity index (χ2v) is 5.48. The average Bonchev–Trinajstić information content (AvgIpc) is 2.30. The van der Waals surface area contributed by atoms with Crippen molar-refractivity contribution in [2.24, 2.45) is 0 Å². The SMILES string of the molecule is CCN(CCNC(C)C)Cc1ccc(C)cc1Cl. The molecule has 0 heterocycles. The van der Waals surface area contributed by atoms with Crippen molar-refractivity contribution < 1.29 is 0 Å². The molecule has 0 bridgehead atoms. The third-order valence-corrected chi connectivity index (χ3v) is 3.38. The fraction of sp³-hybridized carbons (Fsp3) is 0.600. The van der Waals surface area contributed by atoms with Crippen molar-refractivity contribution in [3.63, 3.8) is 0 Å². The van der Waals surface area contributed by atoms with Crippen LogP contribution in [0.15, 0.2) is 18.2 Å². The normalized spacial score (nSPS) is 11.5. The molecule has 0 amide bonds. The van der Waals surface area contributed by atoms with Gasteiger partial charge in [0.2, 0.25) is 0 Å². The highest BCUT2D eigenvalue weighted by molar-refractivity contribution is 6.31. The molecule has 0 aromatic heterocycles. The molecule has 0 radical (unpaired) electrons. The Hall–Kier alpha value is -0.570. The van der Waals surface area contributed by atoms with Gasteiger partial charge in [0.15, 0.2) is 0 Å². The minimum atomic E-state index is 0.548. The van der Waals surface area contributed by atoms with Gasteiger partial charge in [0.05, 0.1) is 0 Å². The molecule has 0 saturated heterocycles. The Bertz CT molecular complexity index is 364. The lowest BCUT2D eigenvalue weighted by atomic mass is 10.1. The van der Waals surface area contributed by atoms with Gasteiger partial charge in [-0.2, -0.15) is 0 Å². The van der Waals surface area contributed by atoms with Gasteiger partial charge in [0.1, 0.15) is 0 Å². The number of nitrogens with zero attached hydrogens (tertiary/aromatic N) is 1. The van der Waals surface area contributed by atoms with Crippen molar-refractivity contribution >= 4 is 11.6 Å². The van der Waals surface area contributed by atoms with Gasteiger partial charge in [-0.1, -0.05) is 44.5 Å². The van der Waals surface area contributed by atoms with Crippen molar-refractivity contribution in [2.75, 3.05) is 19.6 Å². The molecular formula is C15H25ClN2. The average molecular weight is 269 g/mol. The van der Waals surface area contributed by atoms with Crippen LogP contribution in [0.4, 0.5) is 0 Å². The van der Waals surface area contributed by atoms with E-state index in [1.165, 1.54) is 11.1 Å². The van der Waals surface area contributed by atoms with Crippen LogP contribution >= 0.6 is 11.6 Å². The summed E-state index contributed by atoms with van der Waals surface area (Å²) in [6, 6.07) is 6.85. The first-order valence-electron chi connectivity index (χ1n) is 6.73. The molecule has 0 aliphatic rings. The number of hydrogen-bond donors (Lipinski definition) is 1. The van der Waals surface area contributed by atoms with Crippen LogP contribution < -0.4 is 5.32 Å². The zero-order chi connectivity index (χ0) is 13.5. The number of aryl methyl sites for hydroxylation is 1. The van der Waals surface area contributed by atoms with Gasteiger partial charge in [-0.25, -0.2) is 0 Å². The van der Waals surface area contributed by atoms with Crippen LogP contribution in [0.25, 0.3) is 0 Å². The molecule has 0 spiro atoms. The second-order valence-electron chi connectivity index (χ2n) is 5.07. The van der Waals surface area contributed by atoms with Crippen LogP contribution in [-0.2, 0) is 6.54 Å². The van der Waals surface area contributed by atoms with Crippen LogP contribution in [0.3, 0.4) is 0 Å². The summed E-state index contributed by atoms with van der Waals surface area (Å²) < 4.78 is 0. The Balaban J connectivity index is 2.51. The molecule has 1 aromatic rings. The Morgan fingerprint density at radius 1 is 1.33 bits per heavy atom. The zero-order valence-electron chi connectivity index (χ0n) is 12.0. The Morgan fingerprint density at radius 2 is 2.06 bits per heavy atom. The summed E-state index contributed by atoms with van der Waals surface area (Å²) >= 11 is 6.27. The first-order chi connectivity index (χ1) is 8.52. The zero-order valence-corrected chi connectivity index (χ0v) is 12.7. The second kappa shape index (κ2) is 7.78. The van der Waals surface area contributed by atoms with Gasteiger partial charge in [-0.05, 0) is 30.7 Å². The maximum absolute atomic E-state index is 6.27. The smallest absolute Gasteiger partial charge is 0.0453 e. The van der Waals surface area contributed by atoms with E-state index in [0.717, 1.165) is 31.2 Å². The van der Waals surface area contributed by atoms with Crippen molar-refractivity contribution in [1.29, 1.82) is 0 Å². The van der Waals surface area contributed by atoms with E-state index in [4.69, 9.17) is 11.6 Å². The molecule has 18 heavy (non-hydrogen) atoms. The third-order valence-electron chi connectivity index (χ3n) is 3.03. The van der Waals surface area contributed by atoms with Crippen molar-refractivity contribution in [3.8, 4) is 0 Å². The molecule has 102 valence electrons. The van der Waals surface area contributed by atoms with Gasteiger partial charge >= 0.3 is 0 Å². The molecule has 0 unspecified atom stereocenters. The van der Waals surface area contributed by atoms with E-state index in [2.05, 4.69) is 50.0 Å². The lowest BCUT2D eigenvalue weighted by molar-refractivity contribution is 0.276. The minimum Gasteiger partial charge on any atom is -0.313 e. The molecule has 1 rings (SSSR count). The molecule has 0 atom stereocenters. The van der Waals surface area contributed by atoms with Crippen LogP contribution in [0.5, 0.6) is 0 Å². The first-order valence-corrected chi connectivity index (χ1v) is 7.11. The Morgan fingerprint density at radius 3 is 2.61 bits per heavy atom. The molecule has 0 fully saturated rings. The predicted octanol–water partition coefficient (Wildman–Crippen LogP) is 3.47. The van der Waals surface area contributed by atoms with Crippen LogP contribution in [-0.4, -0.2) is 30.6 Å². The van der Waals surface area contributed by atoms with Crippen molar-refractivity contribution in [3.05, 3.63) is 34.3 Å². The van der Waals surface area contributed by atoms with E-state index in [9.17, 15) is 0 Å². The van der Waals surface area contributed by atoms with Crippen molar-refractivity contribution in [1.82, 2.24) is 10.2 Å². The number of hydrogen-bond acceptors (Lipinski definition) is 2. The summed E-state index contributed by atoms with van der Waals surface area (Å²) in [6.07, 6.45) is 0. The van der Waals surface area contributed by atoms with Gasteiger partial charge in [-0.3, -0.25) is 4.90 Å². The highest BCUT2D eigenvalue weighted by Crippen LogP contribution is 2.19. The van der Waals surface area contributed by atoms with Crippen LogP contribution in [0.1, 0.15) is 31.9 Å². The quantitative estimate of drug-likeness (QED) is 0.815. The molecule has 3 heteroatoms. The predicted molar refractivity (Wildman–Crippen MR) is 80.3 cm³/mol. The molecule has 1 aromatic carbocycles. The molecule has 0 saturated carbocycles. The summed E-state index contributed by atoms with van der Waals surface area (Å²) in [6.45, 7) is 12.7. The monoisotopic (exact) mass is 268 g/mol. The standard InChI is InChI=1S/C15H25ClN2/c1-5-18(9-8-17-12(2)3)11-14-7-6-13(4)10-15(14)16/h6-7,10,12,17H,5,8-9,11H2,1-4H3. The van der Waals surface area contributed by atoms with E-state index >= 15 is 0 Å². The van der Waals surface area contributed by atoms with Gasteiger partial charge in [0, 0.05) is 30.7 Å². The van der Waals surface area contributed by atoms with Gasteiger partial charge in [0.25, 0.3) is 0 Å². The highest BCUT2D eigenvalue weighted by Gasteiger charge is 2.07. The van der Waals surface area contributed by atoms with E-state index in [-0.39, 0.29) is 0 Å². The Kier molecular flexibility index (Phi) is 6.69. The largest absolute Gasteiger partial charge is 0.313 e. The number of nitrogens with one attached hydrogen (secondary N) is 1. The molecule has 0 aliphatic carbocycles. The van der Waals surface area contributed by atoms with E-state index < -0.39 is 0 Å². The first kappa shape index (κ1) is 15.5. The lowest BCUT2D eigenvalue weighted by Crippen LogP contribution is -2.34. The van der Waals surface area contributed by atoms with Crippen LogP contribution in [0.2, 0.25) is 5.02 Å². The summed E-state index contributed by atoms with van der Waals surface area (Å²) in [5.74, 6) is 0. The minimum absolute atomic E-state index is 0.548. The molecule has 0 aliphatic heterocycles. The fourth-order valence-corrected chi connectivity index (χ4v) is 2.18. The Labute approximate surface area is 116 Å². The maximum atomic E-state index is 6.27. The third kappa shape index (κ3) is 5.38. The summed E-state index contributed by atoms with van der Waals surface area (Å²) in [5, 5.41) is 4.33. The number of benzene rings is 1. The molecule has 2 nitrogen and oxygen atoms in total. The number of halogens is 1. The molecular weight excluding hydrogens is 244 g/mol. The summed E-state index contributed by atoms with van der Waals surface area (Å²) in [5.41, 5.74) is 2.43. The maximum Gasteiger partial charge on any atom is 0.0453 e. The number of likely N-dealkylation sites (N-methyl/N-ethyl adjacent to an activating group) is 1. The molecule has 1 N–H and O–H groups in total. The number of rotatable bonds is 7. The topological polar surface area (TPSA) is 15.3 Å². The van der Waals surface area contributed by atoms with E-state index in [0.29, 0.717) is 6.04 Å². The summed E-state index contributed by atoms with van der Waals surface area (Å²) in [4.78, 5) is 2.41. The van der Waals surface area contributed by atoms with E-state index in [1.54, 1.807) is 0 Å². The van der Waals surface area contributed by atoms with E-state index in [1.807, 2.05) is 6.07 Å². The van der Waals surface area contributed by atoms with Gasteiger partial charge in [-0.15, -0.1) is 0 Å². The highest BCUT2D eigenvalue weighted by atomic mass is 35.5. The van der Waals surface area contributed by atoms with Crippen molar-refractivity contribution in [2.45, 2.75) is 40.3 Å². The fourth-order valence-electron chi connectivity index (χ4n) is 1.88.